The Bertz CT molecular complexity index is 1000. The average molecular weight is 398 g/mol. The molecule has 0 atom stereocenters. The van der Waals surface area contributed by atoms with Gasteiger partial charge in [0, 0.05) is 6.07 Å². The largest absolute Gasteiger partial charge is 0.494 e. The summed E-state index contributed by atoms with van der Waals surface area (Å²) in [6, 6.07) is 11.3. The van der Waals surface area contributed by atoms with Crippen molar-refractivity contribution in [3.8, 4) is 17.2 Å². The van der Waals surface area contributed by atoms with E-state index in [0.29, 0.717) is 35.2 Å². The van der Waals surface area contributed by atoms with E-state index in [4.69, 9.17) is 9.47 Å². The quantitative estimate of drug-likeness (QED) is 0.577. The fourth-order valence-electron chi connectivity index (χ4n) is 2.80. The van der Waals surface area contributed by atoms with Gasteiger partial charge >= 0.3 is 0 Å². The number of hydrogen-bond acceptors (Lipinski definition) is 5. The standard InChI is InChI=1S/C21H23FN4O3/c1-4-5-12-29-18-9-7-6-8-16(18)23-21(27)20-14(2)26(25-24-20)17-13-15(22)10-11-19(17)28-3/h6-11,13H,4-5,12H2,1-3H3,(H,23,27). The summed E-state index contributed by atoms with van der Waals surface area (Å²) in [5.74, 6) is 0.127. The third-order valence-corrected chi connectivity index (χ3v) is 4.37. The Morgan fingerprint density at radius 1 is 1.21 bits per heavy atom. The van der Waals surface area contributed by atoms with E-state index in [0.717, 1.165) is 12.8 Å². The van der Waals surface area contributed by atoms with Crippen molar-refractivity contribution in [2.45, 2.75) is 26.7 Å². The first-order valence-electron chi connectivity index (χ1n) is 9.34. The lowest BCUT2D eigenvalue weighted by Crippen LogP contribution is -2.15. The summed E-state index contributed by atoms with van der Waals surface area (Å²) in [6.45, 7) is 4.33. The molecule has 3 aromatic rings. The smallest absolute Gasteiger partial charge is 0.278 e. The summed E-state index contributed by atoms with van der Waals surface area (Å²) in [6.07, 6.45) is 1.94. The van der Waals surface area contributed by atoms with E-state index in [1.165, 1.54) is 30.0 Å². The lowest BCUT2D eigenvalue weighted by atomic mass is 10.2. The van der Waals surface area contributed by atoms with Gasteiger partial charge in [-0.05, 0) is 37.6 Å². The molecular weight excluding hydrogens is 375 g/mol. The van der Waals surface area contributed by atoms with Gasteiger partial charge in [-0.3, -0.25) is 4.79 Å². The van der Waals surface area contributed by atoms with Crippen LogP contribution in [0.3, 0.4) is 0 Å². The van der Waals surface area contributed by atoms with Gasteiger partial charge in [-0.1, -0.05) is 30.7 Å². The minimum Gasteiger partial charge on any atom is -0.494 e. The molecule has 0 bridgehead atoms. The van der Waals surface area contributed by atoms with Crippen LogP contribution < -0.4 is 14.8 Å². The molecule has 1 heterocycles. The van der Waals surface area contributed by atoms with Crippen LogP contribution in [-0.4, -0.2) is 34.6 Å². The van der Waals surface area contributed by atoms with Crippen LogP contribution in [0.1, 0.15) is 35.9 Å². The summed E-state index contributed by atoms with van der Waals surface area (Å²) >= 11 is 0. The molecule has 0 unspecified atom stereocenters. The van der Waals surface area contributed by atoms with Crippen molar-refractivity contribution >= 4 is 11.6 Å². The number of nitrogens with zero attached hydrogens (tertiary/aromatic N) is 3. The third-order valence-electron chi connectivity index (χ3n) is 4.37. The van der Waals surface area contributed by atoms with Gasteiger partial charge in [0.1, 0.15) is 23.0 Å². The first kappa shape index (κ1) is 20.3. The van der Waals surface area contributed by atoms with E-state index in [9.17, 15) is 9.18 Å². The number of carbonyl (C=O) groups is 1. The maximum absolute atomic E-state index is 13.7. The van der Waals surface area contributed by atoms with Crippen molar-refractivity contribution in [1.82, 2.24) is 15.0 Å². The molecule has 8 heteroatoms. The van der Waals surface area contributed by atoms with E-state index >= 15 is 0 Å². The molecule has 0 spiro atoms. The highest BCUT2D eigenvalue weighted by Gasteiger charge is 2.20. The maximum atomic E-state index is 13.7. The molecule has 0 fully saturated rings. The van der Waals surface area contributed by atoms with Crippen LogP contribution in [0.15, 0.2) is 42.5 Å². The number of rotatable bonds is 8. The van der Waals surface area contributed by atoms with Crippen LogP contribution >= 0.6 is 0 Å². The highest BCUT2D eigenvalue weighted by Crippen LogP contribution is 2.27. The Morgan fingerprint density at radius 3 is 2.76 bits per heavy atom. The van der Waals surface area contributed by atoms with Crippen molar-refractivity contribution in [3.63, 3.8) is 0 Å². The molecule has 0 saturated heterocycles. The molecule has 1 N–H and O–H groups in total. The molecule has 0 aliphatic heterocycles. The predicted octanol–water partition coefficient (Wildman–Crippen LogP) is 4.15. The molecule has 152 valence electrons. The molecule has 1 amide bonds. The lowest BCUT2D eigenvalue weighted by molar-refractivity contribution is 0.102. The number of para-hydroxylation sites is 2. The van der Waals surface area contributed by atoms with E-state index in [1.807, 2.05) is 12.1 Å². The molecule has 3 rings (SSSR count). The topological polar surface area (TPSA) is 78.3 Å². The Morgan fingerprint density at radius 2 is 2.00 bits per heavy atom. The van der Waals surface area contributed by atoms with Crippen LogP contribution in [0.4, 0.5) is 10.1 Å². The molecule has 29 heavy (non-hydrogen) atoms. The zero-order chi connectivity index (χ0) is 20.8. The number of hydrogen-bond donors (Lipinski definition) is 1. The van der Waals surface area contributed by atoms with Crippen molar-refractivity contribution in [2.75, 3.05) is 19.0 Å². The second kappa shape index (κ2) is 9.18. The summed E-state index contributed by atoms with van der Waals surface area (Å²) in [5, 5.41) is 10.8. The maximum Gasteiger partial charge on any atom is 0.278 e. The van der Waals surface area contributed by atoms with Gasteiger partial charge in [0.2, 0.25) is 0 Å². The molecule has 2 aromatic carbocycles. The van der Waals surface area contributed by atoms with E-state index in [2.05, 4.69) is 22.6 Å². The first-order chi connectivity index (χ1) is 14.0. The number of carbonyl (C=O) groups excluding carboxylic acids is 1. The van der Waals surface area contributed by atoms with Gasteiger partial charge in [0.05, 0.1) is 25.1 Å². The van der Waals surface area contributed by atoms with E-state index in [1.54, 1.807) is 19.1 Å². The second-order valence-electron chi connectivity index (χ2n) is 6.40. The van der Waals surface area contributed by atoms with Gasteiger partial charge in [-0.15, -0.1) is 5.10 Å². The van der Waals surface area contributed by atoms with Crippen LogP contribution in [0.2, 0.25) is 0 Å². The lowest BCUT2D eigenvalue weighted by Gasteiger charge is -2.12. The normalized spacial score (nSPS) is 10.6. The third kappa shape index (κ3) is 4.53. The molecule has 7 nitrogen and oxygen atoms in total. The van der Waals surface area contributed by atoms with Crippen LogP contribution in [0, 0.1) is 12.7 Å². The number of benzene rings is 2. The van der Waals surface area contributed by atoms with Gasteiger partial charge < -0.3 is 14.8 Å². The van der Waals surface area contributed by atoms with E-state index in [-0.39, 0.29) is 5.69 Å². The predicted molar refractivity (Wildman–Crippen MR) is 107 cm³/mol. The van der Waals surface area contributed by atoms with Gasteiger partial charge in [-0.25, -0.2) is 9.07 Å². The number of amides is 1. The minimum atomic E-state index is -0.445. The Kier molecular flexibility index (Phi) is 6.43. The number of anilines is 1. The van der Waals surface area contributed by atoms with Crippen LogP contribution in [-0.2, 0) is 0 Å². The molecule has 0 saturated carbocycles. The number of ether oxygens (including phenoxy) is 2. The Hall–Kier alpha value is -3.42. The number of unbranched alkanes of at least 4 members (excludes halogenated alkanes) is 1. The van der Waals surface area contributed by atoms with E-state index < -0.39 is 11.7 Å². The highest BCUT2D eigenvalue weighted by molar-refractivity contribution is 6.04. The van der Waals surface area contributed by atoms with Crippen LogP contribution in [0.5, 0.6) is 11.5 Å². The second-order valence-corrected chi connectivity index (χ2v) is 6.40. The highest BCUT2D eigenvalue weighted by atomic mass is 19.1. The number of nitrogens with one attached hydrogen (secondary N) is 1. The average Bonchev–Trinajstić information content (AvgIpc) is 3.10. The van der Waals surface area contributed by atoms with Crippen molar-refractivity contribution < 1.29 is 18.7 Å². The zero-order valence-corrected chi connectivity index (χ0v) is 16.6. The molecule has 0 aliphatic carbocycles. The van der Waals surface area contributed by atoms with Gasteiger partial charge in [-0.2, -0.15) is 0 Å². The number of aromatic nitrogens is 3. The monoisotopic (exact) mass is 398 g/mol. The molecule has 0 aliphatic rings. The number of methoxy groups -OCH3 is 1. The zero-order valence-electron chi connectivity index (χ0n) is 16.6. The van der Waals surface area contributed by atoms with Gasteiger partial charge in [0.25, 0.3) is 5.91 Å². The first-order valence-corrected chi connectivity index (χ1v) is 9.34. The summed E-state index contributed by atoms with van der Waals surface area (Å²) < 4.78 is 26.1. The summed E-state index contributed by atoms with van der Waals surface area (Å²) in [5.41, 5.74) is 1.49. The fraction of sp³-hybridized carbons (Fsp3) is 0.286. The fourth-order valence-corrected chi connectivity index (χ4v) is 2.80. The summed E-state index contributed by atoms with van der Waals surface area (Å²) in [4.78, 5) is 12.8. The van der Waals surface area contributed by atoms with Crippen molar-refractivity contribution in [1.29, 1.82) is 0 Å². The minimum absolute atomic E-state index is 0.125. The Balaban J connectivity index is 1.85. The van der Waals surface area contributed by atoms with Crippen molar-refractivity contribution in [2.24, 2.45) is 0 Å². The van der Waals surface area contributed by atoms with Crippen molar-refractivity contribution in [3.05, 3.63) is 59.7 Å². The molecule has 1 aromatic heterocycles. The molecule has 0 radical (unpaired) electrons. The summed E-state index contributed by atoms with van der Waals surface area (Å²) in [7, 11) is 1.48. The van der Waals surface area contributed by atoms with Gasteiger partial charge in [0.15, 0.2) is 5.69 Å². The van der Waals surface area contributed by atoms with Crippen LogP contribution in [0.25, 0.3) is 5.69 Å². The SMILES string of the molecule is CCCCOc1ccccc1NC(=O)c1nnn(-c2cc(F)ccc2OC)c1C. The number of halogens is 1. The molecular formula is C21H23FN4O3. The Labute approximate surface area is 168 Å².